The van der Waals surface area contributed by atoms with Crippen molar-refractivity contribution in [2.75, 3.05) is 25.7 Å². The van der Waals surface area contributed by atoms with Crippen molar-refractivity contribution in [2.24, 2.45) is 0 Å². The van der Waals surface area contributed by atoms with E-state index >= 15 is 0 Å². The van der Waals surface area contributed by atoms with Crippen LogP contribution in [0.5, 0.6) is 17.2 Å². The van der Waals surface area contributed by atoms with Crippen LogP contribution < -0.4 is 29.7 Å². The van der Waals surface area contributed by atoms with Gasteiger partial charge < -0.3 is 29.7 Å². The van der Waals surface area contributed by atoms with Crippen molar-refractivity contribution in [3.63, 3.8) is 0 Å². The van der Waals surface area contributed by atoms with Gasteiger partial charge in [0.15, 0.2) is 11.5 Å². The molecule has 9 heteroatoms. The number of carbonyl (C=O) groups is 2. The van der Waals surface area contributed by atoms with Gasteiger partial charge in [0.1, 0.15) is 23.5 Å². The van der Waals surface area contributed by atoms with Crippen molar-refractivity contribution in [3.05, 3.63) is 69.6 Å². The fourth-order valence-corrected chi connectivity index (χ4v) is 5.80. The van der Waals surface area contributed by atoms with Crippen LogP contribution in [0.15, 0.2) is 42.5 Å². The lowest BCUT2D eigenvalue weighted by molar-refractivity contribution is -0.895. The first-order chi connectivity index (χ1) is 16.0. The molecule has 0 radical (unpaired) electrons. The average Bonchev–Trinajstić information content (AvgIpc) is 3.42. The topological polar surface area (TPSA) is 90.3 Å². The molecular formula is C24H22N3O5S+. The Kier molecular flexibility index (Phi) is 4.74. The Bertz CT molecular complexity index is 1270. The minimum absolute atomic E-state index is 0.0379. The van der Waals surface area contributed by atoms with Gasteiger partial charge >= 0.3 is 5.97 Å². The number of amides is 1. The zero-order valence-electron chi connectivity index (χ0n) is 17.9. The Morgan fingerprint density at radius 3 is 2.79 bits per heavy atom. The van der Waals surface area contributed by atoms with Gasteiger partial charge in [0.25, 0.3) is 5.91 Å². The maximum absolute atomic E-state index is 12.9. The Morgan fingerprint density at radius 2 is 1.94 bits per heavy atom. The summed E-state index contributed by atoms with van der Waals surface area (Å²) < 4.78 is 16.1. The van der Waals surface area contributed by atoms with E-state index in [2.05, 4.69) is 17.7 Å². The Labute approximate surface area is 194 Å². The monoisotopic (exact) mass is 464 g/mol. The molecule has 6 rings (SSSR count). The molecule has 2 aromatic carbocycles. The normalized spacial score (nSPS) is 20.3. The quantitative estimate of drug-likeness (QED) is 0.407. The maximum atomic E-state index is 12.9. The summed E-state index contributed by atoms with van der Waals surface area (Å²) in [7, 11) is 2.18. The predicted molar refractivity (Wildman–Crippen MR) is 121 cm³/mol. The van der Waals surface area contributed by atoms with E-state index in [1.54, 1.807) is 41.7 Å². The SMILES string of the molecule is C[NH+]1CCc2c(sc3c2C(=O)N[C@@H](c2ccc(OC(=O)c4ccc5c(c4)OCO5)cc2)N3)C1. The number of nitrogens with one attached hydrogen (secondary N) is 3. The molecule has 3 N–H and O–H groups in total. The molecule has 168 valence electrons. The molecule has 4 heterocycles. The zero-order chi connectivity index (χ0) is 22.5. The number of ether oxygens (including phenoxy) is 3. The highest BCUT2D eigenvalue weighted by atomic mass is 32.1. The van der Waals surface area contributed by atoms with Crippen LogP contribution in [0.2, 0.25) is 0 Å². The number of thiophene rings is 1. The van der Waals surface area contributed by atoms with Gasteiger partial charge in [-0.25, -0.2) is 4.79 Å². The third-order valence-corrected chi connectivity index (χ3v) is 7.33. The molecule has 3 aromatic rings. The summed E-state index contributed by atoms with van der Waals surface area (Å²) in [4.78, 5) is 28.2. The van der Waals surface area contributed by atoms with E-state index in [0.29, 0.717) is 22.8 Å². The number of hydrogen-bond donors (Lipinski definition) is 3. The molecule has 1 unspecified atom stereocenters. The minimum atomic E-state index is -0.481. The van der Waals surface area contributed by atoms with Crippen LogP contribution in [-0.4, -0.2) is 32.3 Å². The van der Waals surface area contributed by atoms with Gasteiger partial charge in [0.2, 0.25) is 6.79 Å². The number of anilines is 1. The highest BCUT2D eigenvalue weighted by Crippen LogP contribution is 2.39. The molecule has 8 nitrogen and oxygen atoms in total. The Morgan fingerprint density at radius 1 is 1.12 bits per heavy atom. The lowest BCUT2D eigenvalue weighted by atomic mass is 10.0. The van der Waals surface area contributed by atoms with E-state index < -0.39 is 5.97 Å². The first-order valence-electron chi connectivity index (χ1n) is 10.8. The summed E-state index contributed by atoms with van der Waals surface area (Å²) in [5, 5.41) is 7.46. The summed E-state index contributed by atoms with van der Waals surface area (Å²) in [6.45, 7) is 2.14. The number of benzene rings is 2. The molecule has 33 heavy (non-hydrogen) atoms. The molecule has 2 atom stereocenters. The van der Waals surface area contributed by atoms with E-state index in [1.165, 1.54) is 15.3 Å². The number of fused-ring (bicyclic) bond motifs is 4. The van der Waals surface area contributed by atoms with Crippen molar-refractivity contribution < 1.29 is 28.7 Å². The molecule has 3 aliphatic rings. The van der Waals surface area contributed by atoms with E-state index in [9.17, 15) is 9.59 Å². The fraction of sp³-hybridized carbons (Fsp3) is 0.250. The van der Waals surface area contributed by atoms with Crippen LogP contribution in [0.4, 0.5) is 5.00 Å². The highest BCUT2D eigenvalue weighted by Gasteiger charge is 2.33. The van der Waals surface area contributed by atoms with Gasteiger partial charge in [-0.3, -0.25) is 4.79 Å². The predicted octanol–water partition coefficient (Wildman–Crippen LogP) is 2.12. The molecule has 0 saturated heterocycles. The molecule has 0 spiro atoms. The summed E-state index contributed by atoms with van der Waals surface area (Å²) in [6.07, 6.45) is 0.588. The zero-order valence-corrected chi connectivity index (χ0v) is 18.7. The van der Waals surface area contributed by atoms with Crippen molar-refractivity contribution in [2.45, 2.75) is 19.1 Å². The molecule has 1 amide bonds. The summed E-state index contributed by atoms with van der Waals surface area (Å²) in [5.74, 6) is 1.04. The van der Waals surface area contributed by atoms with Crippen molar-refractivity contribution >= 4 is 28.2 Å². The Hall–Kier alpha value is -3.56. The van der Waals surface area contributed by atoms with Crippen molar-refractivity contribution in [1.82, 2.24) is 5.32 Å². The first kappa shape index (κ1) is 20.1. The summed E-state index contributed by atoms with van der Waals surface area (Å²) in [5.41, 5.74) is 3.25. The van der Waals surface area contributed by atoms with Gasteiger partial charge in [0, 0.05) is 6.42 Å². The van der Waals surface area contributed by atoms with Gasteiger partial charge in [0.05, 0.1) is 29.6 Å². The molecule has 0 saturated carbocycles. The smallest absolute Gasteiger partial charge is 0.343 e. The summed E-state index contributed by atoms with van der Waals surface area (Å²) >= 11 is 1.68. The van der Waals surface area contributed by atoms with Crippen molar-refractivity contribution in [3.8, 4) is 17.2 Å². The van der Waals surface area contributed by atoms with Crippen LogP contribution in [-0.2, 0) is 13.0 Å². The van der Waals surface area contributed by atoms with Gasteiger partial charge in [-0.15, -0.1) is 11.3 Å². The van der Waals surface area contributed by atoms with Crippen LogP contribution in [0.25, 0.3) is 0 Å². The Balaban J connectivity index is 1.17. The van der Waals surface area contributed by atoms with Gasteiger partial charge in [-0.05, 0) is 41.5 Å². The third-order valence-electron chi connectivity index (χ3n) is 6.16. The second-order valence-corrected chi connectivity index (χ2v) is 9.52. The van der Waals surface area contributed by atoms with Crippen molar-refractivity contribution in [1.29, 1.82) is 0 Å². The standard InChI is InChI=1S/C24H21N3O5S/c1-27-9-8-16-19(11-27)33-23-20(16)22(28)25-21(26-23)13-2-5-15(6-3-13)32-24(29)14-4-7-17-18(10-14)31-12-30-17/h2-7,10,21,26H,8-9,11-12H2,1H3,(H,25,28)/p+1/t21-/m1/s1. The largest absolute Gasteiger partial charge is 0.454 e. The van der Waals surface area contributed by atoms with E-state index in [1.807, 2.05) is 12.1 Å². The number of carbonyl (C=O) groups excluding carboxylic acids is 2. The molecular weight excluding hydrogens is 442 g/mol. The lowest BCUT2D eigenvalue weighted by Gasteiger charge is -2.27. The highest BCUT2D eigenvalue weighted by molar-refractivity contribution is 7.16. The molecule has 0 aliphatic carbocycles. The number of rotatable bonds is 3. The molecule has 1 aromatic heterocycles. The third kappa shape index (κ3) is 3.59. The van der Waals surface area contributed by atoms with E-state index in [0.717, 1.165) is 35.6 Å². The first-order valence-corrected chi connectivity index (χ1v) is 11.6. The second-order valence-electron chi connectivity index (χ2n) is 8.42. The molecule has 0 fully saturated rings. The number of hydrogen-bond acceptors (Lipinski definition) is 7. The second kappa shape index (κ2) is 7.79. The van der Waals surface area contributed by atoms with Crippen LogP contribution in [0, 0.1) is 0 Å². The molecule has 0 bridgehead atoms. The van der Waals surface area contributed by atoms with Gasteiger partial charge in [-0.2, -0.15) is 0 Å². The van der Waals surface area contributed by atoms with E-state index in [-0.39, 0.29) is 18.9 Å². The lowest BCUT2D eigenvalue weighted by Crippen LogP contribution is -3.08. The minimum Gasteiger partial charge on any atom is -0.454 e. The molecule has 3 aliphatic heterocycles. The fourth-order valence-electron chi connectivity index (χ4n) is 4.42. The van der Waals surface area contributed by atoms with Crippen LogP contribution in [0.1, 0.15) is 42.9 Å². The maximum Gasteiger partial charge on any atom is 0.343 e. The van der Waals surface area contributed by atoms with E-state index in [4.69, 9.17) is 14.2 Å². The number of esters is 1. The number of quaternary nitrogens is 1. The van der Waals surface area contributed by atoms with Gasteiger partial charge in [-0.1, -0.05) is 12.1 Å². The van der Waals surface area contributed by atoms with Crippen LogP contribution in [0.3, 0.4) is 0 Å². The van der Waals surface area contributed by atoms with Crippen LogP contribution >= 0.6 is 11.3 Å². The average molecular weight is 465 g/mol. The summed E-state index contributed by atoms with van der Waals surface area (Å²) in [6, 6.07) is 12.1. The number of likely N-dealkylation sites (N-methyl/N-ethyl adjacent to an activating group) is 1.